The van der Waals surface area contributed by atoms with E-state index in [4.69, 9.17) is 4.74 Å². The molecule has 0 spiro atoms. The Hall–Kier alpha value is -1.82. The van der Waals surface area contributed by atoms with E-state index in [1.165, 1.54) is 11.9 Å². The van der Waals surface area contributed by atoms with E-state index in [2.05, 4.69) is 9.28 Å². The third kappa shape index (κ3) is 3.32. The van der Waals surface area contributed by atoms with Crippen molar-refractivity contribution in [3.8, 4) is 5.88 Å². The first-order valence-electron chi connectivity index (χ1n) is 6.03. The quantitative estimate of drug-likeness (QED) is 0.572. The highest BCUT2D eigenvalue weighted by molar-refractivity contribution is 7.87. The number of halogens is 3. The van der Waals surface area contributed by atoms with Gasteiger partial charge in [0.2, 0.25) is 0 Å². The van der Waals surface area contributed by atoms with Gasteiger partial charge >= 0.3 is 15.6 Å². The van der Waals surface area contributed by atoms with Crippen LogP contribution in [0.25, 0.3) is 0 Å². The zero-order chi connectivity index (χ0) is 16.5. The minimum atomic E-state index is -5.83. The van der Waals surface area contributed by atoms with E-state index in [1.54, 1.807) is 0 Å². The summed E-state index contributed by atoms with van der Waals surface area (Å²) in [6.07, 6.45) is 0. The predicted octanol–water partition coefficient (Wildman–Crippen LogP) is 0.121. The third-order valence-electron chi connectivity index (χ3n) is 2.85. The Morgan fingerprint density at radius 3 is 2.50 bits per heavy atom. The second-order valence-corrected chi connectivity index (χ2v) is 5.92. The summed E-state index contributed by atoms with van der Waals surface area (Å²) >= 11 is 0. The van der Waals surface area contributed by atoms with Crippen molar-refractivity contribution < 1.29 is 35.3 Å². The Morgan fingerprint density at radius 1 is 1.36 bits per heavy atom. The number of carbonyl (C=O) groups is 1. The number of morpholine rings is 1. The van der Waals surface area contributed by atoms with E-state index >= 15 is 0 Å². The summed E-state index contributed by atoms with van der Waals surface area (Å²) in [5, 5.41) is 3.46. The zero-order valence-electron chi connectivity index (χ0n) is 11.3. The third-order valence-corrected chi connectivity index (χ3v) is 3.81. The number of hydrogen-bond donors (Lipinski definition) is 0. The minimum absolute atomic E-state index is 0.0886. The average molecular weight is 343 g/mol. The van der Waals surface area contributed by atoms with Gasteiger partial charge in [-0.2, -0.15) is 21.6 Å². The molecular weight excluding hydrogens is 331 g/mol. The maximum Gasteiger partial charge on any atom is 0.534 e. The van der Waals surface area contributed by atoms with Gasteiger partial charge < -0.3 is 13.8 Å². The summed E-state index contributed by atoms with van der Waals surface area (Å²) in [6.45, 7) is 1.33. The molecule has 8 nitrogen and oxygen atoms in total. The molecule has 2 rings (SSSR count). The molecule has 0 aromatic carbocycles. The lowest BCUT2D eigenvalue weighted by Crippen LogP contribution is -2.41. The molecule has 0 aliphatic carbocycles. The molecule has 1 saturated heterocycles. The Kier molecular flexibility index (Phi) is 4.33. The average Bonchev–Trinajstić information content (AvgIpc) is 2.77. The molecule has 12 heteroatoms. The van der Waals surface area contributed by atoms with Gasteiger partial charge in [-0.1, -0.05) is 0 Å². The number of nitrogens with zero attached hydrogens (tertiary/aromatic N) is 3. The topological polar surface area (TPSA) is 90.7 Å². The highest BCUT2D eigenvalue weighted by Crippen LogP contribution is 2.26. The van der Waals surface area contributed by atoms with Gasteiger partial charge in [0.05, 0.1) is 13.2 Å². The van der Waals surface area contributed by atoms with Crippen molar-refractivity contribution in [1.82, 2.24) is 14.7 Å². The minimum Gasteiger partial charge on any atom is -0.378 e. The van der Waals surface area contributed by atoms with E-state index in [0.29, 0.717) is 26.3 Å². The summed E-state index contributed by atoms with van der Waals surface area (Å²) in [7, 11) is -4.53. The highest BCUT2D eigenvalue weighted by Gasteiger charge is 2.49. The van der Waals surface area contributed by atoms with Crippen LogP contribution < -0.4 is 4.18 Å². The van der Waals surface area contributed by atoms with Crippen molar-refractivity contribution >= 4 is 16.0 Å². The number of amides is 1. The molecule has 0 atom stereocenters. The number of hydrogen-bond acceptors (Lipinski definition) is 6. The Balaban J connectivity index is 2.19. The second-order valence-electron chi connectivity index (χ2n) is 4.38. The summed E-state index contributed by atoms with van der Waals surface area (Å²) in [4.78, 5) is 13.6. The number of aromatic nitrogens is 2. The lowest BCUT2D eigenvalue weighted by Gasteiger charge is -2.26. The first kappa shape index (κ1) is 16.5. The molecule has 1 aliphatic rings. The standard InChI is InChI=1S/C10H12F3N3O5S/c1-15-7(9(17)16-2-4-20-5-3-16)6-8(14-15)21-22(18,19)10(11,12)13/h6H,2-5H2,1H3. The highest BCUT2D eigenvalue weighted by atomic mass is 32.2. The molecular formula is C10H12F3N3O5S. The van der Waals surface area contributed by atoms with Crippen LogP contribution >= 0.6 is 0 Å². The molecule has 0 unspecified atom stereocenters. The maximum atomic E-state index is 12.2. The fraction of sp³-hybridized carbons (Fsp3) is 0.600. The number of carbonyl (C=O) groups excluding carboxylic acids is 1. The molecule has 1 fully saturated rings. The van der Waals surface area contributed by atoms with Gasteiger partial charge in [-0.05, 0) is 0 Å². The maximum absolute atomic E-state index is 12.2. The smallest absolute Gasteiger partial charge is 0.378 e. The predicted molar refractivity (Wildman–Crippen MR) is 65.5 cm³/mol. The van der Waals surface area contributed by atoms with Crippen molar-refractivity contribution in [3.05, 3.63) is 11.8 Å². The molecule has 0 bridgehead atoms. The van der Waals surface area contributed by atoms with Crippen molar-refractivity contribution in [3.63, 3.8) is 0 Å². The normalized spacial score (nSPS) is 16.6. The molecule has 1 aromatic heterocycles. The van der Waals surface area contributed by atoms with Crippen LogP contribution in [0.3, 0.4) is 0 Å². The van der Waals surface area contributed by atoms with Crippen LogP contribution in [-0.2, 0) is 21.9 Å². The molecule has 0 radical (unpaired) electrons. The number of alkyl halides is 3. The van der Waals surface area contributed by atoms with Gasteiger partial charge in [-0.25, -0.2) is 0 Å². The first-order chi connectivity index (χ1) is 10.1. The monoisotopic (exact) mass is 343 g/mol. The Labute approximate surface area is 123 Å². The van der Waals surface area contributed by atoms with Crippen LogP contribution in [-0.4, -0.2) is 60.8 Å². The first-order valence-corrected chi connectivity index (χ1v) is 7.44. The van der Waals surface area contributed by atoms with Crippen LogP contribution in [0.2, 0.25) is 0 Å². The molecule has 22 heavy (non-hydrogen) atoms. The van der Waals surface area contributed by atoms with Gasteiger partial charge in [0.15, 0.2) is 0 Å². The van der Waals surface area contributed by atoms with Gasteiger partial charge in [-0.15, -0.1) is 5.10 Å². The second kappa shape index (κ2) is 5.76. The Morgan fingerprint density at radius 2 is 1.95 bits per heavy atom. The zero-order valence-corrected chi connectivity index (χ0v) is 12.1. The summed E-state index contributed by atoms with van der Waals surface area (Å²) in [5.41, 5.74) is -5.66. The van der Waals surface area contributed by atoms with Crippen LogP contribution in [0.1, 0.15) is 10.5 Å². The van der Waals surface area contributed by atoms with Crippen LogP contribution in [0.4, 0.5) is 13.2 Å². The molecule has 1 amide bonds. The van der Waals surface area contributed by atoms with Crippen molar-refractivity contribution in [2.45, 2.75) is 5.51 Å². The van der Waals surface area contributed by atoms with Gasteiger partial charge in [-0.3, -0.25) is 9.48 Å². The number of rotatable bonds is 3. The fourth-order valence-corrected chi connectivity index (χ4v) is 2.17. The van der Waals surface area contributed by atoms with Crippen LogP contribution in [0, 0.1) is 0 Å². The van der Waals surface area contributed by atoms with Crippen molar-refractivity contribution in [2.75, 3.05) is 26.3 Å². The van der Waals surface area contributed by atoms with Crippen LogP contribution in [0.5, 0.6) is 5.88 Å². The number of aryl methyl sites for hydroxylation is 1. The SMILES string of the molecule is Cn1nc(OS(=O)(=O)C(F)(F)F)cc1C(=O)N1CCOCC1. The van der Waals surface area contributed by atoms with E-state index < -0.39 is 27.4 Å². The van der Waals surface area contributed by atoms with Crippen LogP contribution in [0.15, 0.2) is 6.07 Å². The molecule has 0 saturated carbocycles. The summed E-state index contributed by atoms with van der Waals surface area (Å²) in [6, 6.07) is 0.848. The Bertz CT molecular complexity index is 664. The van der Waals surface area contributed by atoms with Gasteiger partial charge in [0.1, 0.15) is 5.69 Å². The fourth-order valence-electron chi connectivity index (χ4n) is 1.77. The van der Waals surface area contributed by atoms with E-state index in [1.807, 2.05) is 0 Å². The summed E-state index contributed by atoms with van der Waals surface area (Å²) < 4.78 is 68.4. The molecule has 1 aromatic rings. The van der Waals surface area contributed by atoms with Gasteiger partial charge in [0, 0.05) is 26.2 Å². The molecule has 1 aliphatic heterocycles. The largest absolute Gasteiger partial charge is 0.534 e. The molecule has 0 N–H and O–H groups in total. The van der Waals surface area contributed by atoms with E-state index in [9.17, 15) is 26.4 Å². The van der Waals surface area contributed by atoms with Crippen molar-refractivity contribution in [2.24, 2.45) is 7.05 Å². The number of ether oxygens (including phenoxy) is 1. The summed E-state index contributed by atoms with van der Waals surface area (Å²) in [5.74, 6) is -1.33. The molecule has 2 heterocycles. The molecule has 124 valence electrons. The lowest BCUT2D eigenvalue weighted by atomic mass is 10.3. The van der Waals surface area contributed by atoms with E-state index in [-0.39, 0.29) is 5.69 Å². The van der Waals surface area contributed by atoms with Crippen molar-refractivity contribution in [1.29, 1.82) is 0 Å². The van der Waals surface area contributed by atoms with Gasteiger partial charge in [0.25, 0.3) is 11.8 Å². The van der Waals surface area contributed by atoms with E-state index in [0.717, 1.165) is 10.7 Å². The lowest BCUT2D eigenvalue weighted by molar-refractivity contribution is -0.0501.